The van der Waals surface area contributed by atoms with Gasteiger partial charge in [0, 0.05) is 11.4 Å². The van der Waals surface area contributed by atoms with E-state index >= 15 is 0 Å². The van der Waals surface area contributed by atoms with Gasteiger partial charge < -0.3 is 14.6 Å². The second-order valence-electron chi connectivity index (χ2n) is 6.28. The van der Waals surface area contributed by atoms with Crippen molar-refractivity contribution in [3.63, 3.8) is 0 Å². The number of likely N-dealkylation sites (tertiary alicyclic amines) is 1. The van der Waals surface area contributed by atoms with Gasteiger partial charge in [-0.15, -0.1) is 11.3 Å². The maximum Gasteiger partial charge on any atom is 0.320 e. The Morgan fingerprint density at radius 1 is 1.33 bits per heavy atom. The molecule has 6 heteroatoms. The van der Waals surface area contributed by atoms with Gasteiger partial charge in [0.05, 0.1) is 6.04 Å². The molecule has 1 aromatic carbocycles. The average molecular weight is 345 g/mol. The van der Waals surface area contributed by atoms with E-state index < -0.39 is 12.0 Å². The predicted molar refractivity (Wildman–Crippen MR) is 90.8 cm³/mol. The number of aryl methyl sites for hydroxylation is 1. The highest BCUT2D eigenvalue weighted by molar-refractivity contribution is 7.10. The maximum absolute atomic E-state index is 11.7. The van der Waals surface area contributed by atoms with E-state index in [2.05, 4.69) is 23.3 Å². The molecule has 2 aliphatic rings. The van der Waals surface area contributed by atoms with Crippen molar-refractivity contribution in [2.45, 2.75) is 31.8 Å². The zero-order chi connectivity index (χ0) is 16.7. The van der Waals surface area contributed by atoms with Gasteiger partial charge in [-0.25, -0.2) is 0 Å². The average Bonchev–Trinajstić information content (AvgIpc) is 3.28. The molecule has 126 valence electrons. The highest BCUT2D eigenvalue weighted by Gasteiger charge is 2.37. The number of hydrogen-bond donors (Lipinski definition) is 1. The summed E-state index contributed by atoms with van der Waals surface area (Å²) >= 11 is 1.68. The van der Waals surface area contributed by atoms with Gasteiger partial charge in [0.25, 0.3) is 0 Å². The lowest BCUT2D eigenvalue weighted by molar-refractivity contribution is -0.142. The van der Waals surface area contributed by atoms with Gasteiger partial charge in [-0.2, -0.15) is 0 Å². The number of hydrogen-bond acceptors (Lipinski definition) is 5. The van der Waals surface area contributed by atoms with E-state index in [-0.39, 0.29) is 12.8 Å². The zero-order valence-corrected chi connectivity index (χ0v) is 14.2. The number of carboxylic acid groups (broad SMARTS) is 1. The highest BCUT2D eigenvalue weighted by Crippen LogP contribution is 2.41. The van der Waals surface area contributed by atoms with Crippen LogP contribution in [0.25, 0.3) is 0 Å². The molecule has 2 unspecified atom stereocenters. The Kier molecular flexibility index (Phi) is 3.94. The van der Waals surface area contributed by atoms with Crippen LogP contribution in [-0.2, 0) is 4.79 Å². The van der Waals surface area contributed by atoms with Gasteiger partial charge in [0.15, 0.2) is 11.5 Å². The number of carbonyl (C=O) groups is 1. The molecule has 0 bridgehead atoms. The predicted octanol–water partition coefficient (Wildman–Crippen LogP) is 3.42. The first kappa shape index (κ1) is 15.5. The molecule has 2 atom stereocenters. The van der Waals surface area contributed by atoms with Crippen LogP contribution in [0.1, 0.15) is 34.9 Å². The summed E-state index contributed by atoms with van der Waals surface area (Å²) in [5.74, 6) is 0.736. The molecule has 24 heavy (non-hydrogen) atoms. The number of thiophene rings is 1. The topological polar surface area (TPSA) is 59.0 Å². The first-order chi connectivity index (χ1) is 11.6. The fourth-order valence-corrected chi connectivity index (χ4v) is 4.61. The lowest BCUT2D eigenvalue weighted by Gasteiger charge is -2.31. The Balaban J connectivity index is 1.77. The van der Waals surface area contributed by atoms with Crippen LogP contribution in [0.5, 0.6) is 11.5 Å². The molecule has 1 saturated heterocycles. The van der Waals surface area contributed by atoms with Crippen molar-refractivity contribution in [3.8, 4) is 11.5 Å². The Bertz CT molecular complexity index is 772. The minimum atomic E-state index is -0.744. The molecule has 5 nitrogen and oxygen atoms in total. The second-order valence-corrected chi connectivity index (χ2v) is 7.22. The van der Waals surface area contributed by atoms with E-state index in [9.17, 15) is 9.90 Å². The first-order valence-electron chi connectivity index (χ1n) is 8.06. The van der Waals surface area contributed by atoms with E-state index in [1.807, 2.05) is 18.2 Å². The summed E-state index contributed by atoms with van der Waals surface area (Å²) < 4.78 is 10.9. The lowest BCUT2D eigenvalue weighted by Crippen LogP contribution is -2.39. The zero-order valence-electron chi connectivity index (χ0n) is 13.4. The molecule has 3 heterocycles. The van der Waals surface area contributed by atoms with Crippen molar-refractivity contribution < 1.29 is 19.4 Å². The minimum absolute atomic E-state index is 0.0678. The third-order valence-corrected chi connectivity index (χ3v) is 5.75. The van der Waals surface area contributed by atoms with Gasteiger partial charge in [-0.05, 0) is 54.5 Å². The molecule has 0 radical (unpaired) electrons. The molecule has 1 fully saturated rings. The van der Waals surface area contributed by atoms with Crippen LogP contribution in [0, 0.1) is 6.92 Å². The Morgan fingerprint density at radius 3 is 2.92 bits per heavy atom. The van der Waals surface area contributed by atoms with Crippen LogP contribution < -0.4 is 9.47 Å². The van der Waals surface area contributed by atoms with Crippen molar-refractivity contribution >= 4 is 17.3 Å². The molecule has 0 spiro atoms. The van der Waals surface area contributed by atoms with Crippen molar-refractivity contribution in [1.29, 1.82) is 0 Å². The molecule has 0 saturated carbocycles. The van der Waals surface area contributed by atoms with Crippen LogP contribution >= 0.6 is 11.3 Å². The largest absolute Gasteiger partial charge is 0.480 e. The van der Waals surface area contributed by atoms with Gasteiger partial charge in [0.1, 0.15) is 6.04 Å². The summed E-state index contributed by atoms with van der Waals surface area (Å²) in [4.78, 5) is 15.0. The fraction of sp³-hybridized carbons (Fsp3) is 0.389. The van der Waals surface area contributed by atoms with Crippen molar-refractivity contribution in [3.05, 3.63) is 45.6 Å². The van der Waals surface area contributed by atoms with Crippen LogP contribution in [-0.4, -0.2) is 35.4 Å². The number of ether oxygens (including phenoxy) is 2. The molecule has 4 rings (SSSR count). The van der Waals surface area contributed by atoms with Gasteiger partial charge in [-0.3, -0.25) is 9.69 Å². The molecule has 0 amide bonds. The standard InChI is InChI=1S/C18H19NO4S/c1-11-7-16(24-9-11)17(19-6-2-3-13(19)18(20)21)12-4-5-14-15(8-12)23-10-22-14/h4-5,7-9,13,17H,2-3,6,10H2,1H3,(H,20,21). The van der Waals surface area contributed by atoms with Crippen molar-refractivity contribution in [2.75, 3.05) is 13.3 Å². The van der Waals surface area contributed by atoms with Gasteiger partial charge in [-0.1, -0.05) is 6.07 Å². The summed E-state index contributed by atoms with van der Waals surface area (Å²) in [5, 5.41) is 11.7. The van der Waals surface area contributed by atoms with Crippen LogP contribution in [0.3, 0.4) is 0 Å². The SMILES string of the molecule is Cc1csc(C(c2ccc3c(c2)OCO3)N2CCCC2C(=O)O)c1. The molecule has 2 aliphatic heterocycles. The Hall–Kier alpha value is -2.05. The molecule has 2 aromatic rings. The number of aliphatic carboxylic acids is 1. The molecular weight excluding hydrogens is 326 g/mol. The molecule has 0 aliphatic carbocycles. The minimum Gasteiger partial charge on any atom is -0.480 e. The van der Waals surface area contributed by atoms with Crippen LogP contribution in [0.4, 0.5) is 0 Å². The molecular formula is C18H19NO4S. The number of carboxylic acids is 1. The van der Waals surface area contributed by atoms with E-state index in [0.29, 0.717) is 6.42 Å². The van der Waals surface area contributed by atoms with Crippen molar-refractivity contribution in [2.24, 2.45) is 0 Å². The third kappa shape index (κ3) is 2.65. The number of fused-ring (bicyclic) bond motifs is 1. The normalized spacial score (nSPS) is 21.1. The van der Waals surface area contributed by atoms with Crippen LogP contribution in [0.15, 0.2) is 29.6 Å². The summed E-state index contributed by atoms with van der Waals surface area (Å²) in [6.07, 6.45) is 1.60. The van der Waals surface area contributed by atoms with Crippen LogP contribution in [0.2, 0.25) is 0 Å². The summed E-state index contributed by atoms with van der Waals surface area (Å²) in [7, 11) is 0. The summed E-state index contributed by atoms with van der Waals surface area (Å²) in [6.45, 7) is 3.09. The Labute approximate surface area is 144 Å². The quantitative estimate of drug-likeness (QED) is 0.920. The van der Waals surface area contributed by atoms with E-state index in [0.717, 1.165) is 30.0 Å². The number of rotatable bonds is 4. The molecule has 1 aromatic heterocycles. The van der Waals surface area contributed by atoms with Gasteiger partial charge in [0.2, 0.25) is 6.79 Å². The second kappa shape index (κ2) is 6.11. The number of benzene rings is 1. The summed E-state index contributed by atoms with van der Waals surface area (Å²) in [5.41, 5.74) is 2.25. The maximum atomic E-state index is 11.7. The van der Waals surface area contributed by atoms with E-state index in [1.165, 1.54) is 10.4 Å². The monoisotopic (exact) mass is 345 g/mol. The van der Waals surface area contributed by atoms with Gasteiger partial charge >= 0.3 is 5.97 Å². The smallest absolute Gasteiger partial charge is 0.320 e. The first-order valence-corrected chi connectivity index (χ1v) is 8.94. The van der Waals surface area contributed by atoms with E-state index in [1.54, 1.807) is 11.3 Å². The Morgan fingerprint density at radius 2 is 2.17 bits per heavy atom. The van der Waals surface area contributed by atoms with Crippen molar-refractivity contribution in [1.82, 2.24) is 4.90 Å². The van der Waals surface area contributed by atoms with E-state index in [4.69, 9.17) is 9.47 Å². The third-order valence-electron chi connectivity index (χ3n) is 4.64. The lowest BCUT2D eigenvalue weighted by atomic mass is 10.0. The number of nitrogens with zero attached hydrogens (tertiary/aromatic N) is 1. The molecule has 1 N–H and O–H groups in total. The summed E-state index contributed by atoms with van der Waals surface area (Å²) in [6, 6.07) is 7.56. The highest BCUT2D eigenvalue weighted by atomic mass is 32.1. The fourth-order valence-electron chi connectivity index (χ4n) is 3.56.